The second kappa shape index (κ2) is 6.32. The van der Waals surface area contributed by atoms with Crippen LogP contribution in [-0.2, 0) is 20.1 Å². The Labute approximate surface area is 130 Å². The predicted molar refractivity (Wildman–Crippen MR) is 87.8 cm³/mol. The largest absolute Gasteiger partial charge is 0.331 e. The lowest BCUT2D eigenvalue weighted by atomic mass is 10.2. The minimum absolute atomic E-state index is 0.246. The first-order chi connectivity index (χ1) is 10.3. The molecule has 0 atom stereocenters. The third-order valence-electron chi connectivity index (χ3n) is 3.99. The van der Waals surface area contributed by atoms with E-state index in [9.17, 15) is 9.59 Å². The van der Waals surface area contributed by atoms with Crippen molar-refractivity contribution in [2.45, 2.75) is 20.0 Å². The normalized spacial score (nSPS) is 11.6. The first kappa shape index (κ1) is 16.2. The number of benzene rings is 1. The molecule has 0 aliphatic heterocycles. The summed E-state index contributed by atoms with van der Waals surface area (Å²) < 4.78 is 3.61. The van der Waals surface area contributed by atoms with Crippen LogP contribution in [0, 0.1) is 6.92 Å². The zero-order valence-electron chi connectivity index (χ0n) is 13.7. The summed E-state index contributed by atoms with van der Waals surface area (Å²) in [4.78, 5) is 23.8. The Morgan fingerprint density at radius 3 is 2.36 bits per heavy atom. The summed E-state index contributed by atoms with van der Waals surface area (Å²) >= 11 is 0. The van der Waals surface area contributed by atoms with Crippen LogP contribution in [0.1, 0.15) is 11.3 Å². The van der Waals surface area contributed by atoms with Crippen molar-refractivity contribution in [2.24, 2.45) is 7.05 Å². The lowest BCUT2D eigenvalue weighted by Crippen LogP contribution is -2.45. The number of likely N-dealkylation sites (N-methyl/N-ethyl adjacent to an activating group) is 1. The molecule has 1 aromatic heterocycles. The van der Waals surface area contributed by atoms with Gasteiger partial charge in [0.05, 0.1) is 27.2 Å². The van der Waals surface area contributed by atoms with Crippen molar-refractivity contribution in [1.29, 1.82) is 0 Å². The van der Waals surface area contributed by atoms with E-state index in [1.807, 2.05) is 18.2 Å². The van der Waals surface area contributed by atoms with Crippen LogP contribution in [-0.4, -0.2) is 34.3 Å². The molecule has 2 rings (SSSR count). The van der Waals surface area contributed by atoms with Crippen molar-refractivity contribution in [3.63, 3.8) is 0 Å². The first-order valence-corrected chi connectivity index (χ1v) is 7.43. The summed E-state index contributed by atoms with van der Waals surface area (Å²) in [5, 5.41) is 0. The summed E-state index contributed by atoms with van der Waals surface area (Å²) in [5.74, 6) is 0. The molecule has 5 nitrogen and oxygen atoms in total. The molecule has 5 heteroatoms. The Balaban J connectivity index is 2.14. The minimum atomic E-state index is -0.253. The van der Waals surface area contributed by atoms with Gasteiger partial charge in [-0.25, -0.2) is 4.79 Å². The third-order valence-corrected chi connectivity index (χ3v) is 3.99. The molecular formula is C17H24N3O2+. The molecule has 0 aliphatic carbocycles. The summed E-state index contributed by atoms with van der Waals surface area (Å²) in [6.45, 7) is 4.12. The van der Waals surface area contributed by atoms with Gasteiger partial charge in [0.15, 0.2) is 0 Å². The molecule has 0 saturated heterocycles. The van der Waals surface area contributed by atoms with Crippen LogP contribution in [0.4, 0.5) is 0 Å². The van der Waals surface area contributed by atoms with E-state index in [-0.39, 0.29) is 11.2 Å². The fourth-order valence-corrected chi connectivity index (χ4v) is 2.58. The van der Waals surface area contributed by atoms with Gasteiger partial charge < -0.3 is 4.48 Å². The predicted octanol–water partition coefficient (Wildman–Crippen LogP) is 1.13. The maximum absolute atomic E-state index is 12.2. The molecule has 0 bridgehead atoms. The highest BCUT2D eigenvalue weighted by atomic mass is 16.2. The van der Waals surface area contributed by atoms with Gasteiger partial charge in [-0.15, -0.1) is 0 Å². The Hall–Kier alpha value is -2.14. The molecule has 2 aromatic rings. The van der Waals surface area contributed by atoms with Crippen molar-refractivity contribution in [2.75, 3.05) is 20.6 Å². The van der Waals surface area contributed by atoms with Crippen molar-refractivity contribution in [3.8, 4) is 0 Å². The fraction of sp³-hybridized carbons (Fsp3) is 0.412. The summed E-state index contributed by atoms with van der Waals surface area (Å²) in [6.07, 6.45) is 0. The number of aryl methyl sites for hydroxylation is 1. The molecule has 118 valence electrons. The van der Waals surface area contributed by atoms with Gasteiger partial charge in [-0.1, -0.05) is 30.3 Å². The SMILES string of the molecule is Cc1cc(=O)n(C)c(=O)n1CC[N+](C)(C)Cc1ccccc1. The third kappa shape index (κ3) is 3.74. The maximum Gasteiger partial charge on any atom is 0.331 e. The van der Waals surface area contributed by atoms with Crippen LogP contribution in [0.25, 0.3) is 0 Å². The Morgan fingerprint density at radius 2 is 1.73 bits per heavy atom. The number of nitrogens with zero attached hydrogens (tertiary/aromatic N) is 3. The zero-order chi connectivity index (χ0) is 16.3. The number of hydrogen-bond acceptors (Lipinski definition) is 2. The van der Waals surface area contributed by atoms with E-state index in [4.69, 9.17) is 0 Å². The van der Waals surface area contributed by atoms with E-state index >= 15 is 0 Å². The smallest absolute Gasteiger partial charge is 0.323 e. The van der Waals surface area contributed by atoms with Gasteiger partial charge in [0.1, 0.15) is 6.54 Å². The molecule has 0 aliphatic rings. The molecule has 0 N–H and O–H groups in total. The number of rotatable bonds is 5. The molecule has 0 unspecified atom stereocenters. The first-order valence-electron chi connectivity index (χ1n) is 7.43. The molecule has 0 fully saturated rings. The quantitative estimate of drug-likeness (QED) is 0.777. The van der Waals surface area contributed by atoms with Gasteiger partial charge in [0, 0.05) is 24.4 Å². The fourth-order valence-electron chi connectivity index (χ4n) is 2.58. The van der Waals surface area contributed by atoms with Gasteiger partial charge in [-0.3, -0.25) is 13.9 Å². The highest BCUT2D eigenvalue weighted by Gasteiger charge is 2.17. The Morgan fingerprint density at radius 1 is 1.09 bits per heavy atom. The second-order valence-electron chi connectivity index (χ2n) is 6.42. The average Bonchev–Trinajstić information content (AvgIpc) is 2.45. The van der Waals surface area contributed by atoms with Gasteiger partial charge in [-0.2, -0.15) is 0 Å². The number of aromatic nitrogens is 2. The van der Waals surface area contributed by atoms with Crippen LogP contribution < -0.4 is 11.2 Å². The Bertz CT molecular complexity index is 758. The number of quaternary nitrogens is 1. The van der Waals surface area contributed by atoms with Crippen LogP contribution in [0.5, 0.6) is 0 Å². The van der Waals surface area contributed by atoms with E-state index in [1.54, 1.807) is 11.5 Å². The molecule has 1 heterocycles. The van der Waals surface area contributed by atoms with Crippen molar-refractivity contribution < 1.29 is 4.48 Å². The summed E-state index contributed by atoms with van der Waals surface area (Å²) in [5.41, 5.74) is 1.49. The van der Waals surface area contributed by atoms with E-state index < -0.39 is 0 Å². The minimum Gasteiger partial charge on any atom is -0.323 e. The molecule has 22 heavy (non-hydrogen) atoms. The Kier molecular flexibility index (Phi) is 4.66. The van der Waals surface area contributed by atoms with Crippen molar-refractivity contribution in [1.82, 2.24) is 9.13 Å². The lowest BCUT2D eigenvalue weighted by Gasteiger charge is -2.30. The summed E-state index contributed by atoms with van der Waals surface area (Å²) in [6, 6.07) is 11.8. The van der Waals surface area contributed by atoms with Crippen molar-refractivity contribution >= 4 is 0 Å². The van der Waals surface area contributed by atoms with Gasteiger partial charge in [0.25, 0.3) is 5.56 Å². The van der Waals surface area contributed by atoms with E-state index in [2.05, 4.69) is 26.2 Å². The standard InChI is InChI=1S/C17H24N3O2/c1-14-12-16(21)18(2)17(22)19(14)10-11-20(3,4)13-15-8-6-5-7-9-15/h5-9,12H,10-11,13H2,1-4H3/q+1. The molecular weight excluding hydrogens is 278 g/mol. The second-order valence-corrected chi connectivity index (χ2v) is 6.42. The molecule has 1 aromatic carbocycles. The van der Waals surface area contributed by atoms with Crippen LogP contribution in [0.3, 0.4) is 0 Å². The lowest BCUT2D eigenvalue weighted by molar-refractivity contribution is -0.904. The number of hydrogen-bond donors (Lipinski definition) is 0. The topological polar surface area (TPSA) is 44.0 Å². The molecule has 0 radical (unpaired) electrons. The van der Waals surface area contributed by atoms with Gasteiger partial charge in [-0.05, 0) is 6.92 Å². The van der Waals surface area contributed by atoms with Crippen LogP contribution >= 0.6 is 0 Å². The van der Waals surface area contributed by atoms with Crippen molar-refractivity contribution in [3.05, 3.63) is 68.5 Å². The molecule has 0 saturated carbocycles. The van der Waals surface area contributed by atoms with Crippen LogP contribution in [0.15, 0.2) is 46.0 Å². The zero-order valence-corrected chi connectivity index (χ0v) is 13.7. The highest BCUT2D eigenvalue weighted by molar-refractivity contribution is 5.13. The van der Waals surface area contributed by atoms with E-state index in [0.717, 1.165) is 22.1 Å². The average molecular weight is 302 g/mol. The summed E-state index contributed by atoms with van der Waals surface area (Å²) in [7, 11) is 5.81. The molecule has 0 spiro atoms. The molecule has 0 amide bonds. The van der Waals surface area contributed by atoms with E-state index in [0.29, 0.717) is 12.2 Å². The van der Waals surface area contributed by atoms with Gasteiger partial charge in [0.2, 0.25) is 0 Å². The van der Waals surface area contributed by atoms with Gasteiger partial charge >= 0.3 is 5.69 Å². The maximum atomic E-state index is 12.2. The monoisotopic (exact) mass is 302 g/mol. The highest BCUT2D eigenvalue weighted by Crippen LogP contribution is 2.09. The van der Waals surface area contributed by atoms with E-state index in [1.165, 1.54) is 18.7 Å². The van der Waals surface area contributed by atoms with Crippen LogP contribution in [0.2, 0.25) is 0 Å².